The van der Waals surface area contributed by atoms with Crippen molar-refractivity contribution in [3.63, 3.8) is 0 Å². The average Bonchev–Trinajstić information content (AvgIpc) is 3.15. The molecule has 0 radical (unpaired) electrons. The van der Waals surface area contributed by atoms with Gasteiger partial charge in [-0.1, -0.05) is 36.6 Å². The lowest BCUT2D eigenvalue weighted by atomic mass is 9.78. The molecule has 0 aliphatic heterocycles. The van der Waals surface area contributed by atoms with Gasteiger partial charge < -0.3 is 5.32 Å². The second-order valence-corrected chi connectivity index (χ2v) is 8.01. The second-order valence-electron chi connectivity index (χ2n) is 6.35. The number of rotatable bonds is 3. The van der Waals surface area contributed by atoms with Gasteiger partial charge in [-0.3, -0.25) is 4.79 Å². The molecular weight excluding hydrogens is 340 g/mol. The number of nitrogens with zero attached hydrogens (tertiary/aromatic N) is 1. The molecule has 3 rings (SSSR count). The van der Waals surface area contributed by atoms with Gasteiger partial charge in [0.25, 0.3) is 0 Å². The van der Waals surface area contributed by atoms with Crippen LogP contribution >= 0.6 is 22.9 Å². The van der Waals surface area contributed by atoms with Crippen LogP contribution in [-0.2, 0) is 10.2 Å². The first-order valence-electron chi connectivity index (χ1n) is 8.05. The molecule has 1 N–H and O–H groups in total. The van der Waals surface area contributed by atoms with Crippen LogP contribution in [0.4, 0.5) is 5.00 Å². The van der Waals surface area contributed by atoms with Crippen LogP contribution in [0, 0.1) is 25.2 Å². The van der Waals surface area contributed by atoms with E-state index in [0.29, 0.717) is 15.6 Å². The van der Waals surface area contributed by atoms with Crippen molar-refractivity contribution < 1.29 is 4.79 Å². The van der Waals surface area contributed by atoms with Crippen molar-refractivity contribution in [1.82, 2.24) is 0 Å². The van der Waals surface area contributed by atoms with Gasteiger partial charge >= 0.3 is 0 Å². The van der Waals surface area contributed by atoms with Gasteiger partial charge in [-0.25, -0.2) is 0 Å². The van der Waals surface area contributed by atoms with E-state index < -0.39 is 5.41 Å². The first-order valence-corrected chi connectivity index (χ1v) is 9.25. The van der Waals surface area contributed by atoms with Gasteiger partial charge in [0.15, 0.2) is 0 Å². The fourth-order valence-electron chi connectivity index (χ4n) is 3.47. The van der Waals surface area contributed by atoms with Crippen molar-refractivity contribution in [2.45, 2.75) is 44.9 Å². The molecule has 5 heteroatoms. The molecule has 1 amide bonds. The summed E-state index contributed by atoms with van der Waals surface area (Å²) in [6.07, 6.45) is 3.71. The molecule has 0 atom stereocenters. The number of benzene rings is 1. The van der Waals surface area contributed by atoms with E-state index in [1.54, 1.807) is 0 Å². The highest BCUT2D eigenvalue weighted by atomic mass is 35.5. The van der Waals surface area contributed by atoms with Crippen molar-refractivity contribution in [3.8, 4) is 6.07 Å². The highest BCUT2D eigenvalue weighted by Crippen LogP contribution is 2.43. The van der Waals surface area contributed by atoms with Crippen molar-refractivity contribution >= 4 is 33.8 Å². The molecule has 1 heterocycles. The number of hydrogen-bond donors (Lipinski definition) is 1. The Balaban J connectivity index is 1.96. The number of hydrogen-bond acceptors (Lipinski definition) is 3. The lowest BCUT2D eigenvalue weighted by Gasteiger charge is -2.28. The Morgan fingerprint density at radius 2 is 1.88 bits per heavy atom. The zero-order valence-electron chi connectivity index (χ0n) is 13.8. The fourth-order valence-corrected chi connectivity index (χ4v) is 4.60. The average molecular weight is 359 g/mol. The van der Waals surface area contributed by atoms with E-state index in [1.807, 2.05) is 38.1 Å². The Bertz CT molecular complexity index is 811. The minimum Gasteiger partial charge on any atom is -0.316 e. The monoisotopic (exact) mass is 358 g/mol. The van der Waals surface area contributed by atoms with Gasteiger partial charge in [-0.2, -0.15) is 5.26 Å². The predicted octanol–water partition coefficient (Wildman–Crippen LogP) is 5.34. The Hall–Kier alpha value is -1.83. The maximum Gasteiger partial charge on any atom is 0.235 e. The normalized spacial score (nSPS) is 15.9. The summed E-state index contributed by atoms with van der Waals surface area (Å²) >= 11 is 7.47. The lowest BCUT2D eigenvalue weighted by molar-refractivity contribution is -0.121. The van der Waals surface area contributed by atoms with Gasteiger partial charge in [-0.05, 0) is 49.9 Å². The smallest absolute Gasteiger partial charge is 0.235 e. The van der Waals surface area contributed by atoms with E-state index in [0.717, 1.165) is 41.7 Å². The van der Waals surface area contributed by atoms with Crippen LogP contribution in [0.1, 0.15) is 47.3 Å². The number of nitriles is 1. The standard InChI is InChI=1S/C19H19ClN2OS/c1-12-13(2)24-17(16(12)11-21)22-18(23)19(9-3-4-10-19)14-5-7-15(20)8-6-14/h5-8H,3-4,9-10H2,1-2H3,(H,22,23). The molecule has 0 bridgehead atoms. The largest absolute Gasteiger partial charge is 0.316 e. The van der Waals surface area contributed by atoms with E-state index in [-0.39, 0.29) is 5.91 Å². The van der Waals surface area contributed by atoms with Crippen LogP contribution in [0.2, 0.25) is 5.02 Å². The first kappa shape index (κ1) is 17.0. The van der Waals surface area contributed by atoms with Crippen molar-refractivity contribution in [2.75, 3.05) is 5.32 Å². The molecule has 1 aromatic heterocycles. The minimum atomic E-state index is -0.525. The third kappa shape index (κ3) is 2.83. The number of anilines is 1. The zero-order chi connectivity index (χ0) is 17.3. The maximum atomic E-state index is 13.2. The summed E-state index contributed by atoms with van der Waals surface area (Å²) in [5, 5.41) is 13.8. The summed E-state index contributed by atoms with van der Waals surface area (Å²) in [5.74, 6) is -0.0138. The van der Waals surface area contributed by atoms with Gasteiger partial charge in [0, 0.05) is 9.90 Å². The van der Waals surface area contributed by atoms with Crippen LogP contribution in [0.3, 0.4) is 0 Å². The van der Waals surface area contributed by atoms with Gasteiger partial charge in [-0.15, -0.1) is 11.3 Å². The summed E-state index contributed by atoms with van der Waals surface area (Å²) < 4.78 is 0. The number of carbonyl (C=O) groups excluding carboxylic acids is 1. The van der Waals surface area contributed by atoms with E-state index in [9.17, 15) is 10.1 Å². The highest BCUT2D eigenvalue weighted by molar-refractivity contribution is 7.16. The summed E-state index contributed by atoms with van der Waals surface area (Å²) in [7, 11) is 0. The quantitative estimate of drug-likeness (QED) is 0.805. The number of thiophene rings is 1. The molecule has 0 spiro atoms. The van der Waals surface area contributed by atoms with E-state index in [4.69, 9.17) is 11.6 Å². The van der Waals surface area contributed by atoms with Crippen LogP contribution in [0.15, 0.2) is 24.3 Å². The molecule has 1 aromatic carbocycles. The van der Waals surface area contributed by atoms with Crippen LogP contribution in [-0.4, -0.2) is 5.91 Å². The molecule has 0 saturated heterocycles. The molecule has 2 aromatic rings. The predicted molar refractivity (Wildman–Crippen MR) is 98.7 cm³/mol. The molecule has 1 saturated carbocycles. The molecule has 3 nitrogen and oxygen atoms in total. The molecule has 0 unspecified atom stereocenters. The van der Waals surface area contributed by atoms with Gasteiger partial charge in [0.05, 0.1) is 11.0 Å². The van der Waals surface area contributed by atoms with Crippen LogP contribution in [0.5, 0.6) is 0 Å². The number of carbonyl (C=O) groups is 1. The summed E-state index contributed by atoms with van der Waals surface area (Å²) in [5.41, 5.74) is 2.01. The van der Waals surface area contributed by atoms with Crippen LogP contribution < -0.4 is 5.32 Å². The summed E-state index contributed by atoms with van der Waals surface area (Å²) in [6.45, 7) is 3.89. The topological polar surface area (TPSA) is 52.9 Å². The first-order chi connectivity index (χ1) is 11.5. The second kappa shape index (κ2) is 6.58. The van der Waals surface area contributed by atoms with Gasteiger partial charge in [0.2, 0.25) is 5.91 Å². The number of amides is 1. The SMILES string of the molecule is Cc1sc(NC(=O)C2(c3ccc(Cl)cc3)CCCC2)c(C#N)c1C. The number of nitrogens with one attached hydrogen (secondary N) is 1. The van der Waals surface area contributed by atoms with Gasteiger partial charge in [0.1, 0.15) is 11.1 Å². The molecular formula is C19H19ClN2OS. The zero-order valence-corrected chi connectivity index (χ0v) is 15.4. The molecule has 24 heavy (non-hydrogen) atoms. The number of aryl methyl sites for hydroxylation is 1. The summed E-state index contributed by atoms with van der Waals surface area (Å²) in [4.78, 5) is 14.2. The fraction of sp³-hybridized carbons (Fsp3) is 0.368. The minimum absolute atomic E-state index is 0.0138. The molecule has 1 aliphatic carbocycles. The van der Waals surface area contributed by atoms with Crippen LogP contribution in [0.25, 0.3) is 0 Å². The molecule has 124 valence electrons. The number of halogens is 1. The van der Waals surface area contributed by atoms with Crippen molar-refractivity contribution in [3.05, 3.63) is 50.9 Å². The van der Waals surface area contributed by atoms with E-state index in [2.05, 4.69) is 11.4 Å². The molecule has 1 aliphatic rings. The van der Waals surface area contributed by atoms with E-state index >= 15 is 0 Å². The maximum absolute atomic E-state index is 13.2. The lowest BCUT2D eigenvalue weighted by Crippen LogP contribution is -2.37. The Kier molecular flexibility index (Phi) is 4.67. The van der Waals surface area contributed by atoms with E-state index in [1.165, 1.54) is 11.3 Å². The van der Waals surface area contributed by atoms with Crippen molar-refractivity contribution in [1.29, 1.82) is 5.26 Å². The van der Waals surface area contributed by atoms with Crippen molar-refractivity contribution in [2.24, 2.45) is 0 Å². The summed E-state index contributed by atoms with van der Waals surface area (Å²) in [6, 6.07) is 9.79. The molecule has 1 fully saturated rings. The third-order valence-electron chi connectivity index (χ3n) is 5.01. The third-order valence-corrected chi connectivity index (χ3v) is 6.39. The highest BCUT2D eigenvalue weighted by Gasteiger charge is 2.43. The Morgan fingerprint density at radius 1 is 1.25 bits per heavy atom. The Labute approximate surface area is 151 Å². The Morgan fingerprint density at radius 3 is 2.46 bits per heavy atom.